The van der Waals surface area contributed by atoms with Gasteiger partial charge in [0.05, 0.1) is 5.92 Å². The Morgan fingerprint density at radius 3 is 2.57 bits per heavy atom. The number of benzene rings is 1. The van der Waals surface area contributed by atoms with Crippen molar-refractivity contribution in [2.75, 3.05) is 26.2 Å². The molecule has 1 aromatic rings. The molecule has 4 rings (SSSR count). The fourth-order valence-electron chi connectivity index (χ4n) is 5.43. The summed E-state index contributed by atoms with van der Waals surface area (Å²) in [5, 5.41) is 3.32. The molecule has 6 heteroatoms. The van der Waals surface area contributed by atoms with Gasteiger partial charge in [0, 0.05) is 49.2 Å². The van der Waals surface area contributed by atoms with Gasteiger partial charge in [-0.15, -0.1) is 0 Å². The quantitative estimate of drug-likeness (QED) is 0.864. The minimum absolute atomic E-state index is 0.0552. The van der Waals surface area contributed by atoms with E-state index in [9.17, 15) is 14.0 Å². The third-order valence-electron chi connectivity index (χ3n) is 7.13. The first-order valence-electron chi connectivity index (χ1n) is 10.5. The second kappa shape index (κ2) is 7.47. The monoisotopic (exact) mass is 387 g/mol. The van der Waals surface area contributed by atoms with Crippen LogP contribution < -0.4 is 5.32 Å². The van der Waals surface area contributed by atoms with Crippen molar-refractivity contribution in [1.82, 2.24) is 15.1 Å². The molecule has 3 saturated heterocycles. The van der Waals surface area contributed by atoms with E-state index in [-0.39, 0.29) is 29.1 Å². The number of likely N-dealkylation sites (tertiary alicyclic amines) is 2. The van der Waals surface area contributed by atoms with Crippen LogP contribution in [-0.2, 0) is 4.79 Å². The van der Waals surface area contributed by atoms with Crippen molar-refractivity contribution >= 4 is 11.8 Å². The van der Waals surface area contributed by atoms with Gasteiger partial charge in [-0.3, -0.25) is 14.5 Å². The number of halogens is 1. The predicted molar refractivity (Wildman–Crippen MR) is 105 cm³/mol. The molecule has 3 atom stereocenters. The highest BCUT2D eigenvalue weighted by atomic mass is 19.1. The van der Waals surface area contributed by atoms with Crippen LogP contribution in [0.4, 0.5) is 4.39 Å². The zero-order chi connectivity index (χ0) is 19.9. The summed E-state index contributed by atoms with van der Waals surface area (Å²) in [7, 11) is 0. The van der Waals surface area contributed by atoms with Crippen molar-refractivity contribution in [3.8, 4) is 0 Å². The molecule has 1 aromatic carbocycles. The van der Waals surface area contributed by atoms with E-state index in [1.165, 1.54) is 12.1 Å². The third kappa shape index (κ3) is 3.32. The van der Waals surface area contributed by atoms with Gasteiger partial charge in [-0.1, -0.05) is 13.3 Å². The van der Waals surface area contributed by atoms with Crippen LogP contribution >= 0.6 is 0 Å². The summed E-state index contributed by atoms with van der Waals surface area (Å²) in [5.41, 5.74) is 0.341. The molecule has 1 spiro atoms. The molecule has 0 aromatic heterocycles. The van der Waals surface area contributed by atoms with Crippen LogP contribution in [-0.4, -0.2) is 59.4 Å². The van der Waals surface area contributed by atoms with Crippen molar-refractivity contribution in [2.45, 2.75) is 51.1 Å². The van der Waals surface area contributed by atoms with Gasteiger partial charge >= 0.3 is 0 Å². The molecular weight excluding hydrogens is 357 g/mol. The van der Waals surface area contributed by atoms with Crippen LogP contribution in [0.3, 0.4) is 0 Å². The zero-order valence-corrected chi connectivity index (χ0v) is 16.8. The highest BCUT2D eigenvalue weighted by Crippen LogP contribution is 2.44. The molecule has 0 bridgehead atoms. The Balaban J connectivity index is 1.43. The first-order chi connectivity index (χ1) is 13.4. The molecule has 2 amide bonds. The Morgan fingerprint density at radius 2 is 1.93 bits per heavy atom. The lowest BCUT2D eigenvalue weighted by Gasteiger charge is -2.43. The summed E-state index contributed by atoms with van der Waals surface area (Å²) in [6.45, 7) is 7.55. The summed E-state index contributed by atoms with van der Waals surface area (Å²) in [5.74, 6) is 0.216. The van der Waals surface area contributed by atoms with Crippen LogP contribution in [0.15, 0.2) is 24.3 Å². The van der Waals surface area contributed by atoms with E-state index in [2.05, 4.69) is 24.1 Å². The van der Waals surface area contributed by atoms with Gasteiger partial charge in [0.15, 0.2) is 0 Å². The number of nitrogens with zero attached hydrogens (tertiary/aromatic N) is 2. The highest BCUT2D eigenvalue weighted by Gasteiger charge is 2.57. The number of fused-ring (bicyclic) bond motifs is 2. The number of hydrogen-bond acceptors (Lipinski definition) is 3. The van der Waals surface area contributed by atoms with Crippen LogP contribution in [0.5, 0.6) is 0 Å². The number of nitrogens with one attached hydrogen (secondary N) is 1. The van der Waals surface area contributed by atoms with Gasteiger partial charge in [-0.05, 0) is 50.5 Å². The van der Waals surface area contributed by atoms with E-state index in [0.717, 1.165) is 38.8 Å². The Labute approximate surface area is 166 Å². The van der Waals surface area contributed by atoms with Crippen LogP contribution in [0.1, 0.15) is 49.9 Å². The van der Waals surface area contributed by atoms with E-state index in [0.29, 0.717) is 30.6 Å². The normalized spacial score (nSPS) is 27.7. The molecule has 1 N–H and O–H groups in total. The summed E-state index contributed by atoms with van der Waals surface area (Å²) in [4.78, 5) is 29.7. The molecular formula is C22H30FN3O2. The molecule has 0 saturated carbocycles. The number of amides is 2. The first kappa shape index (κ1) is 19.4. The molecule has 0 aliphatic carbocycles. The first-order valence-corrected chi connectivity index (χ1v) is 10.5. The topological polar surface area (TPSA) is 52.7 Å². The van der Waals surface area contributed by atoms with Crippen LogP contribution in [0, 0.1) is 17.7 Å². The van der Waals surface area contributed by atoms with E-state index in [4.69, 9.17) is 0 Å². The van der Waals surface area contributed by atoms with Crippen LogP contribution in [0.25, 0.3) is 0 Å². The van der Waals surface area contributed by atoms with Gasteiger partial charge in [-0.2, -0.15) is 0 Å². The van der Waals surface area contributed by atoms with Gasteiger partial charge < -0.3 is 10.2 Å². The second-order valence-corrected chi connectivity index (χ2v) is 8.75. The van der Waals surface area contributed by atoms with Crippen LogP contribution in [0.2, 0.25) is 0 Å². The van der Waals surface area contributed by atoms with E-state index in [1.807, 2.05) is 4.90 Å². The average molecular weight is 387 g/mol. The maximum Gasteiger partial charge on any atom is 0.253 e. The van der Waals surface area contributed by atoms with Gasteiger partial charge in [0.2, 0.25) is 5.91 Å². The molecule has 5 nitrogen and oxygen atoms in total. The number of carbonyl (C=O) groups excluding carboxylic acids is 2. The lowest BCUT2D eigenvalue weighted by atomic mass is 9.75. The van der Waals surface area contributed by atoms with E-state index < -0.39 is 0 Å². The standard InChI is InChI=1S/C22H30FN3O2/c1-3-4-15(2)26-13-18-19(14-26)22(24-20(18)27)9-11-25(12-10-22)21(28)16-5-7-17(23)8-6-16/h5-8,15,18-19H,3-4,9-14H2,1-2H3,(H,24,27)/t15?,18-,19+/m1/s1. The number of rotatable bonds is 4. The van der Waals surface area contributed by atoms with Crippen molar-refractivity contribution < 1.29 is 14.0 Å². The average Bonchev–Trinajstić information content (AvgIpc) is 3.24. The smallest absolute Gasteiger partial charge is 0.253 e. The van der Waals surface area contributed by atoms with Gasteiger partial charge in [0.1, 0.15) is 5.82 Å². The fourth-order valence-corrected chi connectivity index (χ4v) is 5.43. The predicted octanol–water partition coefficient (Wildman–Crippen LogP) is 2.67. The maximum atomic E-state index is 13.1. The molecule has 152 valence electrons. The number of carbonyl (C=O) groups is 2. The number of piperidine rings is 1. The summed E-state index contributed by atoms with van der Waals surface area (Å²) < 4.78 is 13.1. The minimum Gasteiger partial charge on any atom is -0.350 e. The van der Waals surface area contributed by atoms with Gasteiger partial charge in [0.25, 0.3) is 5.91 Å². The summed E-state index contributed by atoms with van der Waals surface area (Å²) in [6, 6.07) is 6.25. The molecule has 28 heavy (non-hydrogen) atoms. The van der Waals surface area contributed by atoms with Crippen molar-refractivity contribution in [2.24, 2.45) is 11.8 Å². The Bertz CT molecular complexity index is 743. The second-order valence-electron chi connectivity index (χ2n) is 8.75. The highest BCUT2D eigenvalue weighted by molar-refractivity contribution is 5.94. The minimum atomic E-state index is -0.336. The Hall–Kier alpha value is -1.95. The summed E-state index contributed by atoms with van der Waals surface area (Å²) in [6.07, 6.45) is 3.91. The fraction of sp³-hybridized carbons (Fsp3) is 0.636. The molecule has 0 radical (unpaired) electrons. The maximum absolute atomic E-state index is 13.1. The van der Waals surface area contributed by atoms with E-state index in [1.54, 1.807) is 12.1 Å². The molecule has 3 fully saturated rings. The van der Waals surface area contributed by atoms with Gasteiger partial charge in [-0.25, -0.2) is 4.39 Å². The van der Waals surface area contributed by atoms with Crippen molar-refractivity contribution in [1.29, 1.82) is 0 Å². The molecule has 1 unspecified atom stereocenters. The third-order valence-corrected chi connectivity index (χ3v) is 7.13. The molecule has 3 aliphatic heterocycles. The zero-order valence-electron chi connectivity index (χ0n) is 16.8. The van der Waals surface area contributed by atoms with Crippen molar-refractivity contribution in [3.05, 3.63) is 35.6 Å². The Kier molecular flexibility index (Phi) is 5.17. The Morgan fingerprint density at radius 1 is 1.25 bits per heavy atom. The largest absolute Gasteiger partial charge is 0.350 e. The SMILES string of the molecule is CCCC(C)N1C[C@H]2C(=O)NC3(CCN(C(=O)c4ccc(F)cc4)CC3)[C@H]2C1. The lowest BCUT2D eigenvalue weighted by molar-refractivity contribution is -0.123. The molecule has 3 aliphatic rings. The van der Waals surface area contributed by atoms with E-state index >= 15 is 0 Å². The number of hydrogen-bond donors (Lipinski definition) is 1. The molecule has 3 heterocycles. The summed E-state index contributed by atoms with van der Waals surface area (Å²) >= 11 is 0. The lowest BCUT2D eigenvalue weighted by Crippen LogP contribution is -2.56. The van der Waals surface area contributed by atoms with Crippen molar-refractivity contribution in [3.63, 3.8) is 0 Å².